The van der Waals surface area contributed by atoms with Crippen LogP contribution in [0.4, 0.5) is 10.2 Å². The van der Waals surface area contributed by atoms with Crippen LogP contribution in [0, 0.1) is 5.82 Å². The minimum absolute atomic E-state index is 0.0342. The van der Waals surface area contributed by atoms with Crippen LogP contribution in [0.5, 0.6) is 0 Å². The Morgan fingerprint density at radius 3 is 3.18 bits per heavy atom. The smallest absolute Gasteiger partial charge is 0.254 e. The molecule has 0 saturated carbocycles. The van der Waals surface area contributed by atoms with Crippen molar-refractivity contribution in [1.29, 1.82) is 0 Å². The highest BCUT2D eigenvalue weighted by atomic mass is 32.2. The third kappa shape index (κ3) is 2.88. The summed E-state index contributed by atoms with van der Waals surface area (Å²) in [6.45, 7) is 0. The number of halogens is 1. The first-order chi connectivity index (χ1) is 8.18. The summed E-state index contributed by atoms with van der Waals surface area (Å²) in [5.41, 5.74) is 5.29. The topological polar surface area (TPSA) is 68.0 Å². The highest BCUT2D eigenvalue weighted by Gasteiger charge is 2.20. The van der Waals surface area contributed by atoms with Crippen LogP contribution in [0.15, 0.2) is 12.3 Å². The summed E-state index contributed by atoms with van der Waals surface area (Å²) in [5.74, 6) is 0.616. The SMILES string of the molecule is Nc1nccc(C(=O)NC2CCCSC2)c1F. The van der Waals surface area contributed by atoms with E-state index in [9.17, 15) is 9.18 Å². The average molecular weight is 255 g/mol. The molecule has 0 aliphatic carbocycles. The molecule has 1 aromatic rings. The molecule has 1 saturated heterocycles. The van der Waals surface area contributed by atoms with Gasteiger partial charge < -0.3 is 11.1 Å². The highest BCUT2D eigenvalue weighted by molar-refractivity contribution is 7.99. The molecule has 2 heterocycles. The number of pyridine rings is 1. The van der Waals surface area contributed by atoms with Gasteiger partial charge in [0.25, 0.3) is 5.91 Å². The average Bonchev–Trinajstić information content (AvgIpc) is 2.34. The van der Waals surface area contributed by atoms with Crippen molar-refractivity contribution in [3.05, 3.63) is 23.6 Å². The van der Waals surface area contributed by atoms with Crippen molar-refractivity contribution in [2.45, 2.75) is 18.9 Å². The number of carbonyl (C=O) groups is 1. The van der Waals surface area contributed by atoms with E-state index in [1.54, 1.807) is 11.8 Å². The quantitative estimate of drug-likeness (QED) is 0.839. The van der Waals surface area contributed by atoms with Gasteiger partial charge in [-0.25, -0.2) is 9.37 Å². The number of aromatic nitrogens is 1. The second kappa shape index (κ2) is 5.35. The van der Waals surface area contributed by atoms with E-state index >= 15 is 0 Å². The first-order valence-electron chi connectivity index (χ1n) is 5.47. The Bertz CT molecular complexity index is 421. The summed E-state index contributed by atoms with van der Waals surface area (Å²) in [6.07, 6.45) is 3.36. The molecule has 1 aliphatic rings. The number of nitrogen functional groups attached to an aromatic ring is 1. The third-order valence-electron chi connectivity index (χ3n) is 2.66. The van der Waals surface area contributed by atoms with Gasteiger partial charge in [0.1, 0.15) is 0 Å². The lowest BCUT2D eigenvalue weighted by molar-refractivity contribution is 0.0934. The molecule has 2 rings (SSSR count). The van der Waals surface area contributed by atoms with E-state index in [0.29, 0.717) is 0 Å². The molecular weight excluding hydrogens is 241 g/mol. The highest BCUT2D eigenvalue weighted by Crippen LogP contribution is 2.18. The van der Waals surface area contributed by atoms with Crippen molar-refractivity contribution >= 4 is 23.5 Å². The van der Waals surface area contributed by atoms with Crippen molar-refractivity contribution in [1.82, 2.24) is 10.3 Å². The van der Waals surface area contributed by atoms with Gasteiger partial charge in [0.2, 0.25) is 0 Å². The Labute approximate surface area is 103 Å². The van der Waals surface area contributed by atoms with E-state index in [2.05, 4.69) is 10.3 Å². The number of amides is 1. The van der Waals surface area contributed by atoms with Crippen LogP contribution in [0.1, 0.15) is 23.2 Å². The standard InChI is InChI=1S/C11H14FN3OS/c12-9-8(3-4-14-10(9)13)11(16)15-7-2-1-5-17-6-7/h3-4,7H,1-2,5-6H2,(H2,13,14)(H,15,16). The lowest BCUT2D eigenvalue weighted by Gasteiger charge is -2.22. The van der Waals surface area contributed by atoms with Crippen molar-refractivity contribution in [3.63, 3.8) is 0 Å². The Morgan fingerprint density at radius 2 is 2.47 bits per heavy atom. The van der Waals surface area contributed by atoms with Gasteiger partial charge in [-0.15, -0.1) is 0 Å². The predicted molar refractivity (Wildman–Crippen MR) is 66.4 cm³/mol. The maximum absolute atomic E-state index is 13.6. The number of nitrogens with two attached hydrogens (primary N) is 1. The molecule has 1 fully saturated rings. The summed E-state index contributed by atoms with van der Waals surface area (Å²) < 4.78 is 13.6. The monoisotopic (exact) mass is 255 g/mol. The van der Waals surface area contributed by atoms with E-state index in [-0.39, 0.29) is 17.4 Å². The van der Waals surface area contributed by atoms with Crippen LogP contribution in [0.25, 0.3) is 0 Å². The minimum Gasteiger partial charge on any atom is -0.381 e. The van der Waals surface area contributed by atoms with Crippen LogP contribution in [0.2, 0.25) is 0 Å². The van der Waals surface area contributed by atoms with Crippen LogP contribution in [0.3, 0.4) is 0 Å². The maximum Gasteiger partial charge on any atom is 0.254 e. The molecule has 1 aromatic heterocycles. The molecule has 0 spiro atoms. The summed E-state index contributed by atoms with van der Waals surface area (Å²) in [4.78, 5) is 15.4. The number of anilines is 1. The summed E-state index contributed by atoms with van der Waals surface area (Å²) in [5, 5.41) is 2.82. The second-order valence-electron chi connectivity index (χ2n) is 3.95. The molecule has 92 valence electrons. The van der Waals surface area contributed by atoms with Gasteiger partial charge >= 0.3 is 0 Å². The molecule has 0 aromatic carbocycles. The summed E-state index contributed by atoms with van der Waals surface area (Å²) >= 11 is 1.80. The Balaban J connectivity index is 2.06. The van der Waals surface area contributed by atoms with Gasteiger partial charge in [-0.1, -0.05) is 0 Å². The molecule has 1 aliphatic heterocycles. The third-order valence-corrected chi connectivity index (χ3v) is 3.87. The number of rotatable bonds is 2. The van der Waals surface area contributed by atoms with Gasteiger partial charge in [0.05, 0.1) is 5.56 Å². The van der Waals surface area contributed by atoms with Gasteiger partial charge in [0.15, 0.2) is 11.6 Å². The molecule has 1 amide bonds. The fourth-order valence-electron chi connectivity index (χ4n) is 1.75. The molecule has 6 heteroatoms. The number of hydrogen-bond donors (Lipinski definition) is 2. The molecule has 1 unspecified atom stereocenters. The molecule has 17 heavy (non-hydrogen) atoms. The van der Waals surface area contributed by atoms with Crippen molar-refractivity contribution in [2.75, 3.05) is 17.2 Å². The molecule has 0 bridgehead atoms. The lowest BCUT2D eigenvalue weighted by atomic mass is 10.1. The number of nitrogens with one attached hydrogen (secondary N) is 1. The van der Waals surface area contributed by atoms with Crippen LogP contribution in [-0.2, 0) is 0 Å². The second-order valence-corrected chi connectivity index (χ2v) is 5.10. The van der Waals surface area contributed by atoms with Crippen LogP contribution >= 0.6 is 11.8 Å². The van der Waals surface area contributed by atoms with Crippen LogP contribution in [-0.4, -0.2) is 28.4 Å². The zero-order chi connectivity index (χ0) is 12.3. The van der Waals surface area contributed by atoms with Crippen molar-refractivity contribution < 1.29 is 9.18 Å². The fraction of sp³-hybridized carbons (Fsp3) is 0.455. The Morgan fingerprint density at radius 1 is 1.65 bits per heavy atom. The van der Waals surface area contributed by atoms with E-state index in [1.807, 2.05) is 0 Å². The normalized spacial score (nSPS) is 19.9. The van der Waals surface area contributed by atoms with Gasteiger partial charge in [0, 0.05) is 18.0 Å². The summed E-state index contributed by atoms with van der Waals surface area (Å²) in [7, 11) is 0. The lowest BCUT2D eigenvalue weighted by Crippen LogP contribution is -2.38. The first-order valence-corrected chi connectivity index (χ1v) is 6.62. The predicted octanol–water partition coefficient (Wildman–Crippen LogP) is 1.43. The van der Waals surface area contributed by atoms with E-state index < -0.39 is 11.7 Å². The largest absolute Gasteiger partial charge is 0.381 e. The Kier molecular flexibility index (Phi) is 3.83. The first kappa shape index (κ1) is 12.2. The molecule has 0 radical (unpaired) electrons. The van der Waals surface area contributed by atoms with Gasteiger partial charge in [-0.3, -0.25) is 4.79 Å². The van der Waals surface area contributed by atoms with E-state index in [1.165, 1.54) is 12.3 Å². The molecule has 3 N–H and O–H groups in total. The molecule has 1 atom stereocenters. The zero-order valence-corrected chi connectivity index (χ0v) is 10.1. The van der Waals surface area contributed by atoms with Gasteiger partial charge in [-0.05, 0) is 24.7 Å². The maximum atomic E-state index is 13.6. The number of carbonyl (C=O) groups excluding carboxylic acids is 1. The van der Waals surface area contributed by atoms with Gasteiger partial charge in [-0.2, -0.15) is 11.8 Å². The zero-order valence-electron chi connectivity index (χ0n) is 9.28. The van der Waals surface area contributed by atoms with E-state index in [4.69, 9.17) is 5.73 Å². The minimum atomic E-state index is -0.742. The van der Waals surface area contributed by atoms with Crippen molar-refractivity contribution in [3.8, 4) is 0 Å². The summed E-state index contributed by atoms with van der Waals surface area (Å²) in [6, 6.07) is 1.46. The molecule has 4 nitrogen and oxygen atoms in total. The van der Waals surface area contributed by atoms with E-state index in [0.717, 1.165) is 24.3 Å². The number of hydrogen-bond acceptors (Lipinski definition) is 4. The number of thioether (sulfide) groups is 1. The van der Waals surface area contributed by atoms with Crippen molar-refractivity contribution in [2.24, 2.45) is 0 Å². The molecular formula is C11H14FN3OS. The number of nitrogens with zero attached hydrogens (tertiary/aromatic N) is 1. The fourth-order valence-corrected chi connectivity index (χ4v) is 2.82. The Hall–Kier alpha value is -1.30. The van der Waals surface area contributed by atoms with Crippen LogP contribution < -0.4 is 11.1 Å².